The zero-order valence-electron chi connectivity index (χ0n) is 9.78. The molecule has 0 fully saturated rings. The van der Waals surface area contributed by atoms with Gasteiger partial charge in [-0.1, -0.05) is 18.2 Å². The number of amides is 1. The van der Waals surface area contributed by atoms with Crippen LogP contribution in [0.5, 0.6) is 0 Å². The smallest absolute Gasteiger partial charge is 0.322 e. The van der Waals surface area contributed by atoms with Crippen LogP contribution in [0.25, 0.3) is 0 Å². The van der Waals surface area contributed by atoms with E-state index in [0.717, 1.165) is 0 Å². The number of carboxylic acids is 1. The third kappa shape index (κ3) is 3.77. The second-order valence-corrected chi connectivity index (χ2v) is 3.68. The Balaban J connectivity index is 2.99. The van der Waals surface area contributed by atoms with E-state index in [4.69, 9.17) is 10.4 Å². The van der Waals surface area contributed by atoms with Gasteiger partial charge in [0.15, 0.2) is 6.10 Å². The molecule has 2 unspecified atom stereocenters. The first-order valence-corrected chi connectivity index (χ1v) is 5.32. The Kier molecular flexibility index (Phi) is 5.00. The van der Waals surface area contributed by atoms with Crippen LogP contribution in [0.2, 0.25) is 0 Å². The van der Waals surface area contributed by atoms with Crippen LogP contribution in [0, 0.1) is 11.3 Å². The minimum absolute atomic E-state index is 0.00514. The molecule has 0 aromatic heterocycles. The molecule has 0 bridgehead atoms. The summed E-state index contributed by atoms with van der Waals surface area (Å²) in [6.45, 7) is -0.565. The first kappa shape index (κ1) is 14.6. The molecule has 0 spiro atoms. The van der Waals surface area contributed by atoms with E-state index in [1.807, 2.05) is 0 Å². The average Bonchev–Trinajstić information content (AvgIpc) is 2.42. The number of nitriles is 1. The maximum absolute atomic E-state index is 11.7. The first-order valence-electron chi connectivity index (χ1n) is 5.32. The zero-order chi connectivity index (χ0) is 14.4. The van der Waals surface area contributed by atoms with Gasteiger partial charge in [0.05, 0.1) is 6.07 Å². The van der Waals surface area contributed by atoms with Crippen LogP contribution in [0.1, 0.15) is 22.0 Å². The summed E-state index contributed by atoms with van der Waals surface area (Å²) in [7, 11) is 0. The van der Waals surface area contributed by atoms with Crippen molar-refractivity contribution in [1.29, 1.82) is 5.26 Å². The predicted molar refractivity (Wildman–Crippen MR) is 63.0 cm³/mol. The lowest BCUT2D eigenvalue weighted by Crippen LogP contribution is -2.31. The number of rotatable bonds is 5. The molecule has 0 aliphatic rings. The molecule has 2 atom stereocenters. The van der Waals surface area contributed by atoms with E-state index in [0.29, 0.717) is 0 Å². The van der Waals surface area contributed by atoms with Crippen molar-refractivity contribution in [1.82, 2.24) is 5.32 Å². The monoisotopic (exact) mass is 264 g/mol. The maximum atomic E-state index is 11.7. The van der Waals surface area contributed by atoms with E-state index in [1.165, 1.54) is 30.3 Å². The van der Waals surface area contributed by atoms with Crippen molar-refractivity contribution in [3.05, 3.63) is 35.4 Å². The lowest BCUT2D eigenvalue weighted by molar-refractivity contribution is -0.135. The molecule has 0 heterocycles. The highest BCUT2D eigenvalue weighted by Gasteiger charge is 2.23. The summed E-state index contributed by atoms with van der Waals surface area (Å²) in [6.07, 6.45) is -3.22. The van der Waals surface area contributed by atoms with Crippen LogP contribution < -0.4 is 5.32 Å². The molecule has 0 saturated carbocycles. The number of hydrogen-bond acceptors (Lipinski definition) is 5. The molecule has 4 N–H and O–H groups in total. The molecule has 0 aliphatic heterocycles. The third-order valence-electron chi connectivity index (χ3n) is 2.36. The Bertz CT molecular complexity index is 523. The van der Waals surface area contributed by atoms with Crippen molar-refractivity contribution in [2.45, 2.75) is 12.2 Å². The fourth-order valence-electron chi connectivity index (χ4n) is 1.45. The van der Waals surface area contributed by atoms with Crippen LogP contribution in [-0.2, 0) is 4.79 Å². The number of carbonyl (C=O) groups is 2. The number of aliphatic hydroxyl groups excluding tert-OH is 2. The lowest BCUT2D eigenvalue weighted by Gasteiger charge is -2.15. The van der Waals surface area contributed by atoms with E-state index in [1.54, 1.807) is 0 Å². The van der Waals surface area contributed by atoms with Crippen LogP contribution in [0.4, 0.5) is 0 Å². The quantitative estimate of drug-likeness (QED) is 0.526. The second kappa shape index (κ2) is 6.49. The Labute approximate surface area is 108 Å². The number of nitrogens with one attached hydrogen (secondary N) is 1. The molecule has 0 aliphatic carbocycles. The van der Waals surface area contributed by atoms with Gasteiger partial charge in [-0.15, -0.1) is 0 Å². The Morgan fingerprint density at radius 1 is 1.32 bits per heavy atom. The molecule has 19 heavy (non-hydrogen) atoms. The molecule has 1 aromatic rings. The summed E-state index contributed by atoms with van der Waals surface area (Å²) in [5.41, 5.74) is 0.0602. The number of aliphatic carboxylic acids is 1. The molecular formula is C12H12N2O5. The van der Waals surface area contributed by atoms with E-state index in [2.05, 4.69) is 5.32 Å². The van der Waals surface area contributed by atoms with Gasteiger partial charge in [0.1, 0.15) is 12.6 Å². The third-order valence-corrected chi connectivity index (χ3v) is 2.36. The van der Waals surface area contributed by atoms with Gasteiger partial charge in [0.25, 0.3) is 5.91 Å². The molecular weight excluding hydrogens is 252 g/mol. The molecule has 7 nitrogen and oxygen atoms in total. The van der Waals surface area contributed by atoms with Crippen LogP contribution >= 0.6 is 0 Å². The fourth-order valence-corrected chi connectivity index (χ4v) is 1.45. The van der Waals surface area contributed by atoms with E-state index in [9.17, 15) is 19.8 Å². The SMILES string of the molecule is N#CC(O)C(O)c1ccccc1C(=O)NCC(=O)O. The summed E-state index contributed by atoms with van der Waals surface area (Å²) in [4.78, 5) is 22.1. The largest absolute Gasteiger partial charge is 0.480 e. The van der Waals surface area contributed by atoms with Gasteiger partial charge >= 0.3 is 5.97 Å². The Hall–Kier alpha value is -2.43. The normalized spacial score (nSPS) is 13.1. The lowest BCUT2D eigenvalue weighted by atomic mass is 9.98. The zero-order valence-corrected chi connectivity index (χ0v) is 9.78. The highest BCUT2D eigenvalue weighted by Crippen LogP contribution is 2.20. The topological polar surface area (TPSA) is 131 Å². The van der Waals surface area contributed by atoms with Crippen molar-refractivity contribution >= 4 is 11.9 Å². The van der Waals surface area contributed by atoms with Gasteiger partial charge < -0.3 is 20.6 Å². The number of nitrogens with zero attached hydrogens (tertiary/aromatic N) is 1. The van der Waals surface area contributed by atoms with Crippen LogP contribution in [-0.4, -0.2) is 39.8 Å². The summed E-state index contributed by atoms with van der Waals surface area (Å²) in [5.74, 6) is -1.91. The van der Waals surface area contributed by atoms with Gasteiger partial charge in [-0.2, -0.15) is 5.26 Å². The molecule has 0 saturated heterocycles. The predicted octanol–water partition coefficient (Wildman–Crippen LogP) is -0.581. The van der Waals surface area contributed by atoms with Crippen molar-refractivity contribution < 1.29 is 24.9 Å². The average molecular weight is 264 g/mol. The Morgan fingerprint density at radius 3 is 2.53 bits per heavy atom. The fraction of sp³-hybridized carbons (Fsp3) is 0.250. The van der Waals surface area contributed by atoms with Gasteiger partial charge in [0.2, 0.25) is 0 Å². The number of carboxylic acid groups (broad SMARTS) is 1. The van der Waals surface area contributed by atoms with Crippen molar-refractivity contribution in [3.63, 3.8) is 0 Å². The van der Waals surface area contributed by atoms with Crippen LogP contribution in [0.15, 0.2) is 24.3 Å². The summed E-state index contributed by atoms with van der Waals surface area (Å²) in [6, 6.07) is 7.24. The molecule has 1 amide bonds. The second-order valence-electron chi connectivity index (χ2n) is 3.68. The molecule has 1 aromatic carbocycles. The minimum Gasteiger partial charge on any atom is -0.480 e. The standard InChI is InChI=1S/C12H12N2O5/c13-5-9(15)11(18)7-3-1-2-4-8(7)12(19)14-6-10(16)17/h1-4,9,11,15,18H,6H2,(H,14,19)(H,16,17). The molecule has 1 rings (SSSR count). The van der Waals surface area contributed by atoms with Crippen molar-refractivity contribution in [2.24, 2.45) is 0 Å². The summed E-state index contributed by atoms with van der Waals surface area (Å²) < 4.78 is 0. The Morgan fingerprint density at radius 2 is 1.95 bits per heavy atom. The number of benzene rings is 1. The van der Waals surface area contributed by atoms with E-state index >= 15 is 0 Å². The molecule has 100 valence electrons. The first-order chi connectivity index (χ1) is 8.97. The molecule has 7 heteroatoms. The number of hydrogen-bond donors (Lipinski definition) is 4. The van der Waals surface area contributed by atoms with Crippen molar-refractivity contribution in [3.8, 4) is 6.07 Å². The van der Waals surface area contributed by atoms with Crippen LogP contribution in [0.3, 0.4) is 0 Å². The summed E-state index contributed by atoms with van der Waals surface area (Å²) >= 11 is 0. The van der Waals surface area contributed by atoms with Gasteiger partial charge in [-0.05, 0) is 11.6 Å². The minimum atomic E-state index is -1.67. The van der Waals surface area contributed by atoms with Gasteiger partial charge in [-0.25, -0.2) is 0 Å². The van der Waals surface area contributed by atoms with Gasteiger partial charge in [-0.3, -0.25) is 9.59 Å². The van der Waals surface area contributed by atoms with Gasteiger partial charge in [0, 0.05) is 5.56 Å². The highest BCUT2D eigenvalue weighted by molar-refractivity contribution is 5.97. The summed E-state index contributed by atoms with van der Waals surface area (Å²) in [5, 5.41) is 38.1. The van der Waals surface area contributed by atoms with E-state index < -0.39 is 30.6 Å². The highest BCUT2D eigenvalue weighted by atomic mass is 16.4. The number of aliphatic hydroxyl groups is 2. The van der Waals surface area contributed by atoms with E-state index in [-0.39, 0.29) is 11.1 Å². The maximum Gasteiger partial charge on any atom is 0.322 e. The molecule has 0 radical (unpaired) electrons. The van der Waals surface area contributed by atoms with Crippen molar-refractivity contribution in [2.75, 3.05) is 6.54 Å². The number of carbonyl (C=O) groups excluding carboxylic acids is 1.